The molecule has 2 unspecified atom stereocenters. The molecule has 0 heterocycles. The Kier molecular flexibility index (Phi) is 4.63. The Bertz CT molecular complexity index is 792. The highest BCUT2D eigenvalue weighted by atomic mass is 35.5. The molecule has 3 fully saturated rings. The zero-order chi connectivity index (χ0) is 18.5. The van der Waals surface area contributed by atoms with Crippen molar-refractivity contribution in [2.75, 3.05) is 14.1 Å². The monoisotopic (exact) mass is 387 g/mol. The zero-order valence-corrected chi connectivity index (χ0v) is 16.6. The Labute approximate surface area is 165 Å². The summed E-state index contributed by atoms with van der Waals surface area (Å²) in [6, 6.07) is 15.9. The lowest BCUT2D eigenvalue weighted by Gasteiger charge is -2.57. The van der Waals surface area contributed by atoms with Crippen molar-refractivity contribution in [3.8, 4) is 0 Å². The number of hydrogen-bond acceptors (Lipinski definition) is 2. The number of carbonyl (C=O) groups is 1. The Balaban J connectivity index is 1.86. The summed E-state index contributed by atoms with van der Waals surface area (Å²) in [6.07, 6.45) is 2.54. The summed E-state index contributed by atoms with van der Waals surface area (Å²) in [4.78, 5) is 15.5. The van der Waals surface area contributed by atoms with Gasteiger partial charge in [-0.2, -0.15) is 0 Å². The van der Waals surface area contributed by atoms with Gasteiger partial charge in [-0.25, -0.2) is 0 Å². The minimum atomic E-state index is -0.139. The molecule has 4 heteroatoms. The molecule has 26 heavy (non-hydrogen) atoms. The van der Waals surface area contributed by atoms with Gasteiger partial charge < -0.3 is 4.90 Å². The molecule has 2 bridgehead atoms. The van der Waals surface area contributed by atoms with Crippen molar-refractivity contribution in [3.05, 3.63) is 69.7 Å². The molecule has 0 aromatic heterocycles. The molecule has 3 saturated carbocycles. The van der Waals surface area contributed by atoms with Gasteiger partial charge in [-0.05, 0) is 62.0 Å². The van der Waals surface area contributed by atoms with E-state index in [0.29, 0.717) is 12.2 Å². The number of halogens is 2. The van der Waals surface area contributed by atoms with E-state index in [1.165, 1.54) is 0 Å². The van der Waals surface area contributed by atoms with Gasteiger partial charge in [0.15, 0.2) is 0 Å². The van der Waals surface area contributed by atoms with Crippen LogP contribution in [0.5, 0.6) is 0 Å². The summed E-state index contributed by atoms with van der Waals surface area (Å²) in [7, 11) is 4.18. The maximum absolute atomic E-state index is 13.2. The van der Waals surface area contributed by atoms with Crippen LogP contribution in [0.4, 0.5) is 0 Å². The van der Waals surface area contributed by atoms with Gasteiger partial charge in [0.2, 0.25) is 0 Å². The standard InChI is InChI=1S/C22H23Cl2NO/c1-25(2)22-11-16(14-7-3-5-9-18(14)23)21(20(26)13-22)17(12-22)15-8-4-6-10-19(15)24/h3-10,16-17,21H,11-13H2,1-2H3. The van der Waals surface area contributed by atoms with E-state index in [1.807, 2.05) is 36.4 Å². The fourth-order valence-electron chi connectivity index (χ4n) is 5.15. The molecule has 3 aliphatic carbocycles. The molecular formula is C22H23Cl2NO. The lowest BCUT2D eigenvalue weighted by Crippen LogP contribution is -2.59. The van der Waals surface area contributed by atoms with Gasteiger partial charge in [-0.1, -0.05) is 59.6 Å². The third-order valence-electron chi connectivity index (χ3n) is 6.50. The van der Waals surface area contributed by atoms with Crippen LogP contribution < -0.4 is 0 Å². The topological polar surface area (TPSA) is 20.3 Å². The first-order valence-corrected chi connectivity index (χ1v) is 9.87. The molecule has 2 aromatic carbocycles. The smallest absolute Gasteiger partial charge is 0.139 e. The number of benzene rings is 2. The van der Waals surface area contributed by atoms with Crippen molar-refractivity contribution < 1.29 is 4.79 Å². The first-order valence-electron chi connectivity index (χ1n) is 9.12. The number of rotatable bonds is 3. The summed E-state index contributed by atoms with van der Waals surface area (Å²) in [5, 5.41) is 1.51. The van der Waals surface area contributed by atoms with Crippen LogP contribution in [0.25, 0.3) is 0 Å². The van der Waals surface area contributed by atoms with Crippen molar-refractivity contribution in [1.82, 2.24) is 4.90 Å². The number of ketones is 1. The maximum atomic E-state index is 13.2. The number of hydrogen-bond donors (Lipinski definition) is 0. The number of Topliss-reactive ketones (excluding diaryl/α,β-unsaturated/α-hetero) is 1. The van der Waals surface area contributed by atoms with E-state index in [-0.39, 0.29) is 23.3 Å². The van der Waals surface area contributed by atoms with Gasteiger partial charge >= 0.3 is 0 Å². The van der Waals surface area contributed by atoms with Crippen LogP contribution >= 0.6 is 23.2 Å². The van der Waals surface area contributed by atoms with Crippen LogP contribution in [0.3, 0.4) is 0 Å². The molecule has 136 valence electrons. The molecule has 5 rings (SSSR count). The van der Waals surface area contributed by atoms with E-state index >= 15 is 0 Å². The normalized spacial score (nSPS) is 30.8. The highest BCUT2D eigenvalue weighted by molar-refractivity contribution is 6.31. The van der Waals surface area contributed by atoms with Crippen LogP contribution in [0.15, 0.2) is 48.5 Å². The quantitative estimate of drug-likeness (QED) is 0.688. The van der Waals surface area contributed by atoms with Gasteiger partial charge in [0.25, 0.3) is 0 Å². The minimum Gasteiger partial charge on any atom is -0.303 e. The lowest BCUT2D eigenvalue weighted by molar-refractivity contribution is -0.138. The molecule has 2 nitrogen and oxygen atoms in total. The van der Waals surface area contributed by atoms with Gasteiger partial charge in [0.1, 0.15) is 5.78 Å². The largest absolute Gasteiger partial charge is 0.303 e. The number of nitrogens with zero attached hydrogens (tertiary/aromatic N) is 1. The summed E-state index contributed by atoms with van der Waals surface area (Å²) in [5.74, 6) is 0.535. The molecule has 0 amide bonds. The average Bonchev–Trinajstić information content (AvgIpc) is 2.62. The summed E-state index contributed by atoms with van der Waals surface area (Å²) < 4.78 is 0. The third kappa shape index (κ3) is 2.79. The molecule has 0 spiro atoms. The molecular weight excluding hydrogens is 365 g/mol. The Morgan fingerprint density at radius 3 is 1.77 bits per heavy atom. The molecule has 3 aliphatic rings. The van der Waals surface area contributed by atoms with Crippen LogP contribution in [-0.4, -0.2) is 30.3 Å². The second kappa shape index (κ2) is 6.67. The predicted octanol–water partition coefficient (Wildman–Crippen LogP) is 5.54. The highest BCUT2D eigenvalue weighted by Crippen LogP contribution is 2.59. The fraction of sp³-hybridized carbons (Fsp3) is 0.409. The lowest BCUT2D eigenvalue weighted by atomic mass is 9.52. The van der Waals surface area contributed by atoms with Crippen LogP contribution in [-0.2, 0) is 4.79 Å². The van der Waals surface area contributed by atoms with Gasteiger partial charge in [0.05, 0.1) is 0 Å². The molecule has 0 radical (unpaired) electrons. The maximum Gasteiger partial charge on any atom is 0.139 e. The van der Waals surface area contributed by atoms with Crippen molar-refractivity contribution in [3.63, 3.8) is 0 Å². The number of fused-ring (bicyclic) bond motifs is 3. The first-order chi connectivity index (χ1) is 12.4. The fourth-order valence-corrected chi connectivity index (χ4v) is 5.71. The van der Waals surface area contributed by atoms with Gasteiger partial charge in [-0.15, -0.1) is 0 Å². The Morgan fingerprint density at radius 2 is 1.35 bits per heavy atom. The van der Waals surface area contributed by atoms with Gasteiger partial charge in [-0.3, -0.25) is 4.79 Å². The van der Waals surface area contributed by atoms with Gasteiger partial charge in [0, 0.05) is 27.9 Å². The van der Waals surface area contributed by atoms with E-state index in [0.717, 1.165) is 34.0 Å². The highest BCUT2D eigenvalue weighted by Gasteiger charge is 2.57. The summed E-state index contributed by atoms with van der Waals surface area (Å²) >= 11 is 13.1. The van der Waals surface area contributed by atoms with Crippen LogP contribution in [0, 0.1) is 5.92 Å². The van der Waals surface area contributed by atoms with Crippen molar-refractivity contribution in [2.24, 2.45) is 5.92 Å². The molecule has 2 atom stereocenters. The van der Waals surface area contributed by atoms with E-state index < -0.39 is 0 Å². The molecule has 0 N–H and O–H groups in total. The SMILES string of the molecule is CN(C)C12CC(=O)C(C(c3ccccc3Cl)C1)C(c1ccccc1Cl)C2. The van der Waals surface area contributed by atoms with E-state index in [9.17, 15) is 4.79 Å². The van der Waals surface area contributed by atoms with Crippen molar-refractivity contribution in [1.29, 1.82) is 0 Å². The van der Waals surface area contributed by atoms with Crippen LogP contribution in [0.1, 0.15) is 42.2 Å². The average molecular weight is 388 g/mol. The van der Waals surface area contributed by atoms with E-state index in [4.69, 9.17) is 23.2 Å². The predicted molar refractivity (Wildman–Crippen MR) is 107 cm³/mol. The van der Waals surface area contributed by atoms with E-state index in [2.05, 4.69) is 31.1 Å². The van der Waals surface area contributed by atoms with Crippen molar-refractivity contribution >= 4 is 29.0 Å². The number of carbonyl (C=O) groups excluding carboxylic acids is 1. The minimum absolute atomic E-state index is 0.0587. The Morgan fingerprint density at radius 1 is 0.885 bits per heavy atom. The molecule has 0 saturated heterocycles. The third-order valence-corrected chi connectivity index (χ3v) is 7.19. The summed E-state index contributed by atoms with van der Waals surface area (Å²) in [5.41, 5.74) is 2.05. The van der Waals surface area contributed by atoms with Crippen LogP contribution in [0.2, 0.25) is 10.0 Å². The summed E-state index contributed by atoms with van der Waals surface area (Å²) in [6.45, 7) is 0. The van der Waals surface area contributed by atoms with Crippen molar-refractivity contribution in [2.45, 2.75) is 36.6 Å². The molecule has 0 aliphatic heterocycles. The Hall–Kier alpha value is -1.35. The second-order valence-electron chi connectivity index (χ2n) is 7.95. The van der Waals surface area contributed by atoms with E-state index in [1.54, 1.807) is 0 Å². The molecule has 2 aromatic rings. The first kappa shape index (κ1) is 18.0. The second-order valence-corrected chi connectivity index (χ2v) is 8.77. The zero-order valence-electron chi connectivity index (χ0n) is 15.1.